The molecule has 0 saturated carbocycles. The largest absolute Gasteiger partial charge is 0.474 e. The summed E-state index contributed by atoms with van der Waals surface area (Å²) < 4.78 is 32.2. The Balaban J connectivity index is 4.42. The van der Waals surface area contributed by atoms with Gasteiger partial charge in [-0.2, -0.15) is 0 Å². The van der Waals surface area contributed by atoms with E-state index in [1.807, 2.05) is 0 Å². The fourth-order valence-corrected chi connectivity index (χ4v) is 3.54. The lowest BCUT2D eigenvalue weighted by atomic mass is 10.4. The lowest BCUT2D eigenvalue weighted by Gasteiger charge is -2.26. The lowest BCUT2D eigenvalue weighted by Crippen LogP contribution is -2.36. The molecule has 0 aliphatic heterocycles. The first kappa shape index (κ1) is 26.0. The topological polar surface area (TPSA) is 44.8 Å². The number of phosphoric acid groups is 1. The van der Waals surface area contributed by atoms with Gasteiger partial charge in [-0.25, -0.2) is 4.57 Å². The molecular formula is C18H45N3O4P+3. The van der Waals surface area contributed by atoms with Crippen LogP contribution in [0.3, 0.4) is 0 Å². The van der Waals surface area contributed by atoms with Gasteiger partial charge in [0, 0.05) is 19.3 Å². The predicted molar refractivity (Wildman–Crippen MR) is 108 cm³/mol. The molecule has 0 saturated heterocycles. The van der Waals surface area contributed by atoms with Crippen molar-refractivity contribution < 1.29 is 31.6 Å². The van der Waals surface area contributed by atoms with Crippen LogP contribution >= 0.6 is 7.82 Å². The Hall–Kier alpha value is -0.0100. The molecule has 8 heteroatoms. The molecule has 0 aliphatic carbocycles. The van der Waals surface area contributed by atoms with Crippen LogP contribution in [0.15, 0.2) is 0 Å². The van der Waals surface area contributed by atoms with Crippen LogP contribution in [0.4, 0.5) is 0 Å². The highest BCUT2D eigenvalue weighted by Gasteiger charge is 2.27. The maximum atomic E-state index is 12.9. The summed E-state index contributed by atoms with van der Waals surface area (Å²) in [4.78, 5) is 0. The zero-order valence-corrected chi connectivity index (χ0v) is 19.7. The third-order valence-electron chi connectivity index (χ3n) is 3.67. The van der Waals surface area contributed by atoms with Crippen molar-refractivity contribution in [3.63, 3.8) is 0 Å². The molecule has 0 aromatic rings. The van der Waals surface area contributed by atoms with Gasteiger partial charge < -0.3 is 13.4 Å². The minimum Gasteiger partial charge on any atom is -0.331 e. The predicted octanol–water partition coefficient (Wildman–Crippen LogP) is 2.43. The van der Waals surface area contributed by atoms with E-state index in [0.29, 0.717) is 19.8 Å². The fourth-order valence-electron chi connectivity index (χ4n) is 2.26. The van der Waals surface area contributed by atoms with Crippen molar-refractivity contribution in [2.75, 3.05) is 103 Å². The molecule has 0 N–H and O–H groups in total. The SMILES string of the molecule is C[N+](C)(C)CCCOP(=O)(OCCC[N+](C)(C)C)OCCC[N+](C)(C)C. The lowest BCUT2D eigenvalue weighted by molar-refractivity contribution is -0.870. The monoisotopic (exact) mass is 398 g/mol. The van der Waals surface area contributed by atoms with E-state index >= 15 is 0 Å². The van der Waals surface area contributed by atoms with Gasteiger partial charge in [0.15, 0.2) is 0 Å². The Bertz CT molecular complexity index is 364. The second-order valence-electron chi connectivity index (χ2n) is 10.0. The van der Waals surface area contributed by atoms with Gasteiger partial charge in [0.2, 0.25) is 0 Å². The molecule has 0 bridgehead atoms. The van der Waals surface area contributed by atoms with Crippen LogP contribution in [0.5, 0.6) is 0 Å². The maximum Gasteiger partial charge on any atom is 0.474 e. The van der Waals surface area contributed by atoms with Gasteiger partial charge in [0.25, 0.3) is 0 Å². The van der Waals surface area contributed by atoms with Gasteiger partial charge in [0.1, 0.15) is 0 Å². The molecule has 0 aromatic heterocycles. The second-order valence-corrected chi connectivity index (χ2v) is 11.7. The van der Waals surface area contributed by atoms with Crippen LogP contribution in [0, 0.1) is 0 Å². The highest BCUT2D eigenvalue weighted by atomic mass is 31.2. The third kappa shape index (κ3) is 17.4. The molecular weight excluding hydrogens is 353 g/mol. The number of nitrogens with zero attached hydrogens (tertiary/aromatic N) is 3. The first-order chi connectivity index (χ1) is 11.6. The van der Waals surface area contributed by atoms with Crippen molar-refractivity contribution >= 4 is 7.82 Å². The van der Waals surface area contributed by atoms with Crippen molar-refractivity contribution in [3.05, 3.63) is 0 Å². The van der Waals surface area contributed by atoms with Crippen LogP contribution in [0.1, 0.15) is 19.3 Å². The fraction of sp³-hybridized carbons (Fsp3) is 1.00. The third-order valence-corrected chi connectivity index (χ3v) is 5.16. The standard InChI is InChI=1S/C18H45N3O4P/c1-19(2,3)13-10-16-23-26(22,24-17-11-14-20(4,5)6)25-18-12-15-21(7,8)9/h10-18H2,1-9H3/q+3. The first-order valence-corrected chi connectivity index (χ1v) is 11.0. The number of rotatable bonds is 15. The molecule has 0 aliphatic rings. The quantitative estimate of drug-likeness (QED) is 0.241. The molecule has 158 valence electrons. The van der Waals surface area contributed by atoms with Gasteiger partial charge >= 0.3 is 7.82 Å². The van der Waals surface area contributed by atoms with Crippen molar-refractivity contribution in [2.24, 2.45) is 0 Å². The number of hydrogen-bond donors (Lipinski definition) is 0. The van der Waals surface area contributed by atoms with Crippen LogP contribution in [-0.4, -0.2) is 116 Å². The van der Waals surface area contributed by atoms with Gasteiger partial charge in [-0.3, -0.25) is 13.6 Å². The van der Waals surface area contributed by atoms with Crippen molar-refractivity contribution in [1.82, 2.24) is 0 Å². The molecule has 7 nitrogen and oxygen atoms in total. The molecule has 0 rings (SSSR count). The molecule has 0 fully saturated rings. The van der Waals surface area contributed by atoms with Crippen LogP contribution in [0.2, 0.25) is 0 Å². The van der Waals surface area contributed by atoms with E-state index in [2.05, 4.69) is 63.4 Å². The first-order valence-electron chi connectivity index (χ1n) is 9.57. The molecule has 0 unspecified atom stereocenters. The van der Waals surface area contributed by atoms with Crippen molar-refractivity contribution in [1.29, 1.82) is 0 Å². The second kappa shape index (κ2) is 11.1. The molecule has 0 spiro atoms. The Morgan fingerprint density at radius 3 is 0.962 bits per heavy atom. The summed E-state index contributed by atoms with van der Waals surface area (Å²) in [5.74, 6) is 0. The highest BCUT2D eigenvalue weighted by Crippen LogP contribution is 2.49. The average molecular weight is 399 g/mol. The van der Waals surface area contributed by atoms with Crippen LogP contribution in [0.25, 0.3) is 0 Å². The van der Waals surface area contributed by atoms with Crippen molar-refractivity contribution in [3.8, 4) is 0 Å². The molecule has 0 atom stereocenters. The van der Waals surface area contributed by atoms with Crippen molar-refractivity contribution in [2.45, 2.75) is 19.3 Å². The van der Waals surface area contributed by atoms with E-state index in [1.54, 1.807) is 0 Å². The molecule has 0 radical (unpaired) electrons. The van der Waals surface area contributed by atoms with Gasteiger partial charge in [-0.05, 0) is 0 Å². The highest BCUT2D eigenvalue weighted by molar-refractivity contribution is 7.48. The zero-order valence-electron chi connectivity index (χ0n) is 18.8. The summed E-state index contributed by atoms with van der Waals surface area (Å²) in [6.07, 6.45) is 2.45. The number of hydrogen-bond acceptors (Lipinski definition) is 4. The Morgan fingerprint density at radius 1 is 0.538 bits per heavy atom. The molecule has 0 amide bonds. The average Bonchev–Trinajstić information content (AvgIpc) is 2.42. The Labute approximate surface area is 162 Å². The zero-order chi connectivity index (χ0) is 20.5. The molecule has 26 heavy (non-hydrogen) atoms. The van der Waals surface area contributed by atoms with E-state index < -0.39 is 7.82 Å². The summed E-state index contributed by atoms with van der Waals surface area (Å²) in [7, 11) is 15.7. The van der Waals surface area contributed by atoms with Crippen LogP contribution in [-0.2, 0) is 18.1 Å². The Morgan fingerprint density at radius 2 is 0.769 bits per heavy atom. The summed E-state index contributed by atoms with van der Waals surface area (Å²) in [6, 6.07) is 0. The minimum absolute atomic E-state index is 0.386. The Kier molecular flexibility index (Phi) is 11.1. The van der Waals surface area contributed by atoms with E-state index in [-0.39, 0.29) is 0 Å². The van der Waals surface area contributed by atoms with E-state index in [0.717, 1.165) is 52.3 Å². The smallest absolute Gasteiger partial charge is 0.331 e. The molecule has 0 aromatic carbocycles. The van der Waals surface area contributed by atoms with E-state index in [4.69, 9.17) is 13.6 Å². The van der Waals surface area contributed by atoms with Gasteiger partial charge in [-0.15, -0.1) is 0 Å². The summed E-state index contributed by atoms with van der Waals surface area (Å²) in [6.45, 7) is 4.00. The van der Waals surface area contributed by atoms with E-state index in [1.165, 1.54) is 0 Å². The summed E-state index contributed by atoms with van der Waals surface area (Å²) >= 11 is 0. The summed E-state index contributed by atoms with van der Waals surface area (Å²) in [5, 5.41) is 0. The van der Waals surface area contributed by atoms with Gasteiger partial charge in [-0.1, -0.05) is 0 Å². The maximum absolute atomic E-state index is 12.9. The van der Waals surface area contributed by atoms with Gasteiger partial charge in [0.05, 0.1) is 103 Å². The van der Waals surface area contributed by atoms with E-state index in [9.17, 15) is 4.57 Å². The number of quaternary nitrogens is 3. The number of phosphoric ester groups is 1. The minimum atomic E-state index is -3.49. The van der Waals surface area contributed by atoms with Crippen LogP contribution < -0.4 is 0 Å². The molecule has 0 heterocycles. The summed E-state index contributed by atoms with van der Waals surface area (Å²) in [5.41, 5.74) is 0. The normalized spacial score (nSPS) is 14.0.